The Morgan fingerprint density at radius 2 is 2.10 bits per heavy atom. The Morgan fingerprint density at radius 3 is 2.71 bits per heavy atom. The number of hydrazone groups is 1. The molecule has 0 aromatic heterocycles. The molecule has 0 saturated heterocycles. The first-order valence-electron chi connectivity index (χ1n) is 6.56. The minimum Gasteiger partial charge on any atom is -0.505 e. The van der Waals surface area contributed by atoms with E-state index in [0.29, 0.717) is 11.1 Å². The van der Waals surface area contributed by atoms with Crippen LogP contribution in [0.15, 0.2) is 35.4 Å². The van der Waals surface area contributed by atoms with E-state index in [0.717, 1.165) is 17.4 Å². The van der Waals surface area contributed by atoms with Gasteiger partial charge in [-0.2, -0.15) is 10.4 Å². The number of hydrogen-bond acceptors (Lipinski definition) is 5. The van der Waals surface area contributed by atoms with Crippen LogP contribution in [0.1, 0.15) is 19.4 Å². The van der Waals surface area contributed by atoms with Gasteiger partial charge in [0.2, 0.25) is 5.71 Å². The quantitative estimate of drug-likeness (QED) is 0.512. The fourth-order valence-electron chi connectivity index (χ4n) is 2.10. The van der Waals surface area contributed by atoms with E-state index < -0.39 is 5.78 Å². The van der Waals surface area contributed by atoms with E-state index in [9.17, 15) is 9.90 Å². The van der Waals surface area contributed by atoms with Crippen molar-refractivity contribution in [2.45, 2.75) is 20.3 Å². The normalized spacial score (nSPS) is 11.2. The van der Waals surface area contributed by atoms with Crippen LogP contribution in [0.25, 0.3) is 10.8 Å². The number of nitriles is 1. The van der Waals surface area contributed by atoms with Crippen molar-refractivity contribution in [2.24, 2.45) is 5.10 Å². The van der Waals surface area contributed by atoms with Gasteiger partial charge in [-0.05, 0) is 23.4 Å². The molecule has 2 N–H and O–H groups in total. The number of anilines is 1. The van der Waals surface area contributed by atoms with Gasteiger partial charge in [-0.15, -0.1) is 0 Å². The Morgan fingerprint density at radius 1 is 1.33 bits per heavy atom. The van der Waals surface area contributed by atoms with Crippen molar-refractivity contribution < 1.29 is 9.90 Å². The van der Waals surface area contributed by atoms with Crippen molar-refractivity contribution in [3.63, 3.8) is 0 Å². The molecule has 106 valence electrons. The van der Waals surface area contributed by atoms with Gasteiger partial charge < -0.3 is 5.11 Å². The first-order valence-corrected chi connectivity index (χ1v) is 6.56. The van der Waals surface area contributed by atoms with Crippen LogP contribution in [0.4, 0.5) is 5.69 Å². The van der Waals surface area contributed by atoms with Gasteiger partial charge in [-0.25, -0.2) is 0 Å². The second kappa shape index (κ2) is 6.06. The summed E-state index contributed by atoms with van der Waals surface area (Å²) in [5, 5.41) is 24.5. The first-order chi connectivity index (χ1) is 10.1. The summed E-state index contributed by atoms with van der Waals surface area (Å²) in [6.45, 7) is 3.31. The molecule has 5 heteroatoms. The van der Waals surface area contributed by atoms with Gasteiger partial charge in [-0.3, -0.25) is 10.2 Å². The molecule has 0 heterocycles. The number of carbonyl (C=O) groups is 1. The van der Waals surface area contributed by atoms with Crippen LogP contribution in [-0.2, 0) is 11.2 Å². The molecule has 0 amide bonds. The third-order valence-electron chi connectivity index (χ3n) is 3.23. The van der Waals surface area contributed by atoms with Crippen LogP contribution < -0.4 is 5.43 Å². The molecule has 0 spiro atoms. The molecule has 0 radical (unpaired) electrons. The fraction of sp³-hybridized carbons (Fsp3) is 0.188. The second-order valence-electron chi connectivity index (χ2n) is 4.57. The van der Waals surface area contributed by atoms with Gasteiger partial charge in [0.15, 0.2) is 5.78 Å². The summed E-state index contributed by atoms with van der Waals surface area (Å²) in [6.07, 6.45) is 0.866. The van der Waals surface area contributed by atoms with Gasteiger partial charge in [0.25, 0.3) is 0 Å². The van der Waals surface area contributed by atoms with Crippen molar-refractivity contribution >= 4 is 28.0 Å². The van der Waals surface area contributed by atoms with Crippen LogP contribution in [0, 0.1) is 11.3 Å². The van der Waals surface area contributed by atoms with E-state index in [4.69, 9.17) is 5.26 Å². The number of fused-ring (bicyclic) bond motifs is 1. The Hall–Kier alpha value is -2.87. The zero-order valence-electron chi connectivity index (χ0n) is 11.8. The number of nitrogens with one attached hydrogen (secondary N) is 1. The van der Waals surface area contributed by atoms with Gasteiger partial charge in [0, 0.05) is 12.3 Å². The predicted octanol–water partition coefficient (Wildman–Crippen LogP) is 2.99. The molecule has 2 aromatic carbocycles. The maximum Gasteiger partial charge on any atom is 0.203 e. The summed E-state index contributed by atoms with van der Waals surface area (Å²) in [4.78, 5) is 11.1. The lowest BCUT2D eigenvalue weighted by Gasteiger charge is -2.10. The maximum atomic E-state index is 11.1. The van der Waals surface area contributed by atoms with E-state index in [1.165, 1.54) is 6.92 Å². The monoisotopic (exact) mass is 281 g/mol. The molecule has 21 heavy (non-hydrogen) atoms. The Bertz CT molecular complexity index is 773. The average Bonchev–Trinajstić information content (AvgIpc) is 2.49. The van der Waals surface area contributed by atoms with Crippen LogP contribution >= 0.6 is 0 Å². The number of phenols is 1. The van der Waals surface area contributed by atoms with E-state index in [1.807, 2.05) is 31.2 Å². The van der Waals surface area contributed by atoms with Gasteiger partial charge in [0.1, 0.15) is 11.8 Å². The van der Waals surface area contributed by atoms with Crippen molar-refractivity contribution in [1.82, 2.24) is 0 Å². The summed E-state index contributed by atoms with van der Waals surface area (Å²) in [5.41, 5.74) is 3.82. The highest BCUT2D eigenvalue weighted by Crippen LogP contribution is 2.34. The summed E-state index contributed by atoms with van der Waals surface area (Å²) in [6, 6.07) is 11.0. The fourth-order valence-corrected chi connectivity index (χ4v) is 2.10. The Labute approximate surface area is 122 Å². The maximum absolute atomic E-state index is 11.1. The smallest absolute Gasteiger partial charge is 0.203 e. The third-order valence-corrected chi connectivity index (χ3v) is 3.23. The van der Waals surface area contributed by atoms with Gasteiger partial charge in [0.05, 0.1) is 5.69 Å². The zero-order chi connectivity index (χ0) is 15.4. The van der Waals surface area contributed by atoms with Crippen LogP contribution in [0.2, 0.25) is 0 Å². The molecule has 5 nitrogen and oxygen atoms in total. The zero-order valence-corrected chi connectivity index (χ0v) is 11.8. The third kappa shape index (κ3) is 2.84. The highest BCUT2D eigenvalue weighted by Gasteiger charge is 2.09. The molecule has 2 rings (SSSR count). The SMILES string of the molecule is CCc1cccc2c(O)c(N/N=C(\C#N)C(C)=O)ccc12. The number of aryl methyl sites for hydroxylation is 1. The van der Waals surface area contributed by atoms with Gasteiger partial charge in [-0.1, -0.05) is 31.2 Å². The Balaban J connectivity index is 2.46. The topological polar surface area (TPSA) is 85.5 Å². The van der Waals surface area contributed by atoms with Crippen LogP contribution in [0.5, 0.6) is 5.75 Å². The van der Waals surface area contributed by atoms with Gasteiger partial charge >= 0.3 is 0 Å². The molecule has 0 aliphatic rings. The predicted molar refractivity (Wildman–Crippen MR) is 82.3 cm³/mol. The number of ketones is 1. The lowest BCUT2D eigenvalue weighted by molar-refractivity contribution is -0.110. The molecule has 0 atom stereocenters. The molecular formula is C16H15N3O2. The van der Waals surface area contributed by atoms with Crippen molar-refractivity contribution in [3.8, 4) is 11.8 Å². The number of carbonyl (C=O) groups excluding carboxylic acids is 1. The highest BCUT2D eigenvalue weighted by molar-refractivity contribution is 6.45. The molecular weight excluding hydrogens is 266 g/mol. The molecule has 0 aliphatic heterocycles. The average molecular weight is 281 g/mol. The minimum atomic E-state index is -0.432. The Kier molecular flexibility index (Phi) is 4.19. The number of aromatic hydroxyl groups is 1. The van der Waals surface area contributed by atoms with E-state index in [2.05, 4.69) is 10.5 Å². The summed E-state index contributed by atoms with van der Waals surface area (Å²) in [7, 11) is 0. The summed E-state index contributed by atoms with van der Waals surface area (Å²) < 4.78 is 0. The van der Waals surface area contributed by atoms with Crippen molar-refractivity contribution in [3.05, 3.63) is 35.9 Å². The summed E-state index contributed by atoms with van der Waals surface area (Å²) >= 11 is 0. The largest absolute Gasteiger partial charge is 0.505 e. The number of benzene rings is 2. The van der Waals surface area contributed by atoms with Crippen molar-refractivity contribution in [1.29, 1.82) is 5.26 Å². The van der Waals surface area contributed by atoms with Crippen LogP contribution in [-0.4, -0.2) is 16.6 Å². The standard InChI is InChI=1S/C16H15N3O2/c1-3-11-5-4-6-13-12(11)7-8-14(16(13)21)18-19-15(9-17)10(2)20/h4-8,18,21H,3H2,1-2H3/b19-15+. The molecule has 0 aliphatic carbocycles. The molecule has 0 unspecified atom stereocenters. The van der Waals surface area contributed by atoms with Crippen LogP contribution in [0.3, 0.4) is 0 Å². The number of nitrogens with zero attached hydrogens (tertiary/aromatic N) is 2. The van der Waals surface area contributed by atoms with E-state index in [1.54, 1.807) is 12.1 Å². The first kappa shape index (κ1) is 14.5. The summed E-state index contributed by atoms with van der Waals surface area (Å²) in [5.74, 6) is -0.383. The van der Waals surface area contributed by atoms with E-state index in [-0.39, 0.29) is 11.5 Å². The number of rotatable bonds is 4. The number of phenolic OH excluding ortho intramolecular Hbond substituents is 1. The molecule has 2 aromatic rings. The molecule has 0 fully saturated rings. The molecule has 0 saturated carbocycles. The number of Topliss-reactive ketones (excluding diaryl/α,β-unsaturated/α-hetero) is 1. The highest BCUT2D eigenvalue weighted by atomic mass is 16.3. The minimum absolute atomic E-state index is 0.0485. The van der Waals surface area contributed by atoms with E-state index >= 15 is 0 Å². The second-order valence-corrected chi connectivity index (χ2v) is 4.57. The lowest BCUT2D eigenvalue weighted by Crippen LogP contribution is -2.09. The van der Waals surface area contributed by atoms with Crippen molar-refractivity contribution in [2.75, 3.05) is 5.43 Å². The lowest BCUT2D eigenvalue weighted by atomic mass is 10.0. The molecule has 0 bridgehead atoms. The number of hydrogen-bond donors (Lipinski definition) is 2.